The fourth-order valence-electron chi connectivity index (χ4n) is 1.49. The number of aromatic nitrogens is 3. The van der Waals surface area contributed by atoms with Gasteiger partial charge in [0.1, 0.15) is 11.6 Å². The average molecular weight is 245 g/mol. The van der Waals surface area contributed by atoms with E-state index in [2.05, 4.69) is 15.0 Å². The Morgan fingerprint density at radius 3 is 2.72 bits per heavy atom. The molecule has 0 aromatic carbocycles. The van der Waals surface area contributed by atoms with E-state index in [0.29, 0.717) is 23.9 Å². The van der Waals surface area contributed by atoms with Crippen molar-refractivity contribution in [2.45, 2.75) is 13.3 Å². The molecule has 18 heavy (non-hydrogen) atoms. The number of hydrogen-bond acceptors (Lipinski definition) is 6. The second kappa shape index (κ2) is 5.31. The van der Waals surface area contributed by atoms with Crippen molar-refractivity contribution < 1.29 is 4.74 Å². The molecule has 0 bridgehead atoms. The zero-order valence-electron chi connectivity index (χ0n) is 10.1. The maximum Gasteiger partial charge on any atom is 0.222 e. The molecule has 0 spiro atoms. The molecule has 0 fully saturated rings. The molecule has 0 aliphatic carbocycles. The van der Waals surface area contributed by atoms with Gasteiger partial charge in [-0.3, -0.25) is 4.98 Å². The molecular weight excluding hydrogens is 230 g/mol. The summed E-state index contributed by atoms with van der Waals surface area (Å²) in [5.41, 5.74) is 12.6. The van der Waals surface area contributed by atoms with Crippen molar-refractivity contribution in [3.8, 4) is 17.0 Å². The number of ether oxygens (including phenoxy) is 1. The minimum absolute atomic E-state index is 0.143. The SMILES string of the molecule is CCCOc1cncc(-c2cc(N)nc(N)n2)c1. The first-order chi connectivity index (χ1) is 8.69. The normalized spacial score (nSPS) is 10.3. The lowest BCUT2D eigenvalue weighted by atomic mass is 10.2. The third kappa shape index (κ3) is 2.85. The fraction of sp³-hybridized carbons (Fsp3) is 0.250. The number of anilines is 2. The van der Waals surface area contributed by atoms with Crippen molar-refractivity contribution in [2.24, 2.45) is 0 Å². The van der Waals surface area contributed by atoms with Gasteiger partial charge in [0, 0.05) is 17.8 Å². The van der Waals surface area contributed by atoms with Gasteiger partial charge >= 0.3 is 0 Å². The standard InChI is InChI=1S/C12H15N5O/c1-2-3-18-9-4-8(6-15-7-9)10-5-11(13)17-12(14)16-10/h4-7H,2-3H2,1H3,(H4,13,14,16,17). The summed E-state index contributed by atoms with van der Waals surface area (Å²) in [5.74, 6) is 1.17. The maximum absolute atomic E-state index is 5.63. The number of hydrogen-bond donors (Lipinski definition) is 2. The molecule has 2 aromatic heterocycles. The summed E-state index contributed by atoms with van der Waals surface area (Å²) in [6, 6.07) is 3.50. The van der Waals surface area contributed by atoms with Crippen LogP contribution >= 0.6 is 0 Å². The summed E-state index contributed by atoms with van der Waals surface area (Å²) in [7, 11) is 0. The van der Waals surface area contributed by atoms with Crippen LogP contribution in [-0.2, 0) is 0 Å². The van der Waals surface area contributed by atoms with Gasteiger partial charge in [-0.25, -0.2) is 4.98 Å². The largest absolute Gasteiger partial charge is 0.492 e. The van der Waals surface area contributed by atoms with E-state index in [1.54, 1.807) is 18.5 Å². The van der Waals surface area contributed by atoms with Gasteiger partial charge in [-0.1, -0.05) is 6.92 Å². The summed E-state index contributed by atoms with van der Waals surface area (Å²) in [6.07, 6.45) is 4.28. The fourth-order valence-corrected chi connectivity index (χ4v) is 1.49. The van der Waals surface area contributed by atoms with Gasteiger partial charge in [0.15, 0.2) is 0 Å². The van der Waals surface area contributed by atoms with Crippen LogP contribution in [0.25, 0.3) is 11.3 Å². The molecule has 0 atom stereocenters. The van der Waals surface area contributed by atoms with Crippen LogP contribution in [0.2, 0.25) is 0 Å². The van der Waals surface area contributed by atoms with Crippen LogP contribution in [0.4, 0.5) is 11.8 Å². The van der Waals surface area contributed by atoms with E-state index in [1.807, 2.05) is 13.0 Å². The number of nitrogens with zero attached hydrogens (tertiary/aromatic N) is 3. The second-order valence-electron chi connectivity index (χ2n) is 3.79. The van der Waals surface area contributed by atoms with Gasteiger partial charge < -0.3 is 16.2 Å². The van der Waals surface area contributed by atoms with Crippen molar-refractivity contribution in [1.82, 2.24) is 15.0 Å². The number of pyridine rings is 1. The molecule has 4 N–H and O–H groups in total. The van der Waals surface area contributed by atoms with Gasteiger partial charge in [-0.2, -0.15) is 4.98 Å². The monoisotopic (exact) mass is 245 g/mol. The first kappa shape index (κ1) is 12.1. The Hall–Kier alpha value is -2.37. The Kier molecular flexibility index (Phi) is 3.57. The van der Waals surface area contributed by atoms with Crippen molar-refractivity contribution >= 4 is 11.8 Å². The highest BCUT2D eigenvalue weighted by Crippen LogP contribution is 2.22. The Morgan fingerprint density at radius 2 is 2.00 bits per heavy atom. The molecule has 2 rings (SSSR count). The molecular formula is C12H15N5O. The zero-order chi connectivity index (χ0) is 13.0. The van der Waals surface area contributed by atoms with Gasteiger partial charge in [0.25, 0.3) is 0 Å². The minimum Gasteiger partial charge on any atom is -0.492 e. The molecule has 0 amide bonds. The summed E-state index contributed by atoms with van der Waals surface area (Å²) >= 11 is 0. The molecule has 2 aromatic rings. The van der Waals surface area contributed by atoms with Gasteiger partial charge in [-0.15, -0.1) is 0 Å². The molecule has 0 unspecified atom stereocenters. The van der Waals surface area contributed by atoms with Gasteiger partial charge in [0.2, 0.25) is 5.95 Å². The third-order valence-electron chi connectivity index (χ3n) is 2.25. The van der Waals surface area contributed by atoms with Crippen molar-refractivity contribution in [2.75, 3.05) is 18.1 Å². The van der Waals surface area contributed by atoms with E-state index < -0.39 is 0 Å². The predicted molar refractivity (Wildman–Crippen MR) is 69.9 cm³/mol. The lowest BCUT2D eigenvalue weighted by molar-refractivity contribution is 0.316. The molecule has 0 saturated heterocycles. The molecule has 0 aliphatic heterocycles. The van der Waals surface area contributed by atoms with Crippen LogP contribution in [0, 0.1) is 0 Å². The van der Waals surface area contributed by atoms with Crippen molar-refractivity contribution in [1.29, 1.82) is 0 Å². The number of nitrogen functional groups attached to an aromatic ring is 2. The Bertz CT molecular complexity index is 523. The van der Waals surface area contributed by atoms with Crippen molar-refractivity contribution in [3.63, 3.8) is 0 Å². The Balaban J connectivity index is 2.32. The van der Waals surface area contributed by atoms with Crippen LogP contribution in [-0.4, -0.2) is 21.6 Å². The van der Waals surface area contributed by atoms with Crippen molar-refractivity contribution in [3.05, 3.63) is 24.5 Å². The van der Waals surface area contributed by atoms with E-state index in [9.17, 15) is 0 Å². The highest BCUT2D eigenvalue weighted by Gasteiger charge is 2.05. The van der Waals surface area contributed by atoms with Gasteiger partial charge in [0.05, 0.1) is 18.5 Å². The molecule has 0 aliphatic rings. The van der Waals surface area contributed by atoms with Crippen LogP contribution in [0.3, 0.4) is 0 Å². The quantitative estimate of drug-likeness (QED) is 0.846. The van der Waals surface area contributed by atoms with E-state index >= 15 is 0 Å². The van der Waals surface area contributed by atoms with Crippen LogP contribution in [0.15, 0.2) is 24.5 Å². The van der Waals surface area contributed by atoms with Gasteiger partial charge in [-0.05, 0) is 12.5 Å². The maximum atomic E-state index is 5.63. The molecule has 6 nitrogen and oxygen atoms in total. The molecule has 2 heterocycles. The van der Waals surface area contributed by atoms with E-state index in [-0.39, 0.29) is 5.95 Å². The summed E-state index contributed by atoms with van der Waals surface area (Å²) in [4.78, 5) is 12.0. The lowest BCUT2D eigenvalue weighted by Crippen LogP contribution is -2.01. The molecule has 6 heteroatoms. The first-order valence-corrected chi connectivity index (χ1v) is 5.67. The van der Waals surface area contributed by atoms with E-state index in [4.69, 9.17) is 16.2 Å². The summed E-state index contributed by atoms with van der Waals surface area (Å²) in [5, 5.41) is 0. The van der Waals surface area contributed by atoms with E-state index in [1.165, 1.54) is 0 Å². The minimum atomic E-state index is 0.143. The first-order valence-electron chi connectivity index (χ1n) is 5.67. The molecule has 0 radical (unpaired) electrons. The Labute approximate surface area is 105 Å². The van der Waals surface area contributed by atoms with Crippen LogP contribution < -0.4 is 16.2 Å². The Morgan fingerprint density at radius 1 is 1.17 bits per heavy atom. The third-order valence-corrected chi connectivity index (χ3v) is 2.25. The van der Waals surface area contributed by atoms with E-state index in [0.717, 1.165) is 12.0 Å². The molecule has 0 saturated carbocycles. The van der Waals surface area contributed by atoms with Crippen LogP contribution in [0.5, 0.6) is 5.75 Å². The highest BCUT2D eigenvalue weighted by atomic mass is 16.5. The van der Waals surface area contributed by atoms with Crippen LogP contribution in [0.1, 0.15) is 13.3 Å². The predicted octanol–water partition coefficient (Wildman–Crippen LogP) is 1.49. The highest BCUT2D eigenvalue weighted by molar-refractivity contribution is 5.63. The lowest BCUT2D eigenvalue weighted by Gasteiger charge is -2.06. The summed E-state index contributed by atoms with van der Waals surface area (Å²) < 4.78 is 5.51. The topological polar surface area (TPSA) is 99.9 Å². The molecule has 94 valence electrons. The number of rotatable bonds is 4. The summed E-state index contributed by atoms with van der Waals surface area (Å²) in [6.45, 7) is 2.70. The smallest absolute Gasteiger partial charge is 0.222 e. The zero-order valence-corrected chi connectivity index (χ0v) is 10.1. The average Bonchev–Trinajstić information content (AvgIpc) is 2.35. The second-order valence-corrected chi connectivity index (χ2v) is 3.79. The number of nitrogens with two attached hydrogens (primary N) is 2.